The lowest BCUT2D eigenvalue weighted by molar-refractivity contribution is -0.0416. The Balaban J connectivity index is 1.84. The highest BCUT2D eigenvalue weighted by Crippen LogP contribution is 2.83. The van der Waals surface area contributed by atoms with Crippen molar-refractivity contribution in [3.8, 4) is 5.75 Å². The van der Waals surface area contributed by atoms with Gasteiger partial charge < -0.3 is 17.7 Å². The SMILES string of the molecule is CCOc1ccccc1C12CC([B-](F)(F)F)(C1)C2. The van der Waals surface area contributed by atoms with E-state index in [0.29, 0.717) is 6.61 Å². The molecule has 98 valence electrons. The van der Waals surface area contributed by atoms with Crippen LogP contribution in [0.1, 0.15) is 31.7 Å². The molecule has 1 aromatic carbocycles. The summed E-state index contributed by atoms with van der Waals surface area (Å²) in [5.41, 5.74) is 0.706. The molecule has 1 nitrogen and oxygen atoms in total. The molecule has 3 saturated carbocycles. The number of hydrogen-bond acceptors (Lipinski definition) is 1. The molecule has 1 aromatic rings. The van der Waals surface area contributed by atoms with Gasteiger partial charge >= 0.3 is 6.98 Å². The summed E-state index contributed by atoms with van der Waals surface area (Å²) < 4.78 is 44.2. The Bertz CT molecular complexity index is 464. The van der Waals surface area contributed by atoms with Gasteiger partial charge in [-0.3, -0.25) is 0 Å². The Morgan fingerprint density at radius 1 is 1.17 bits per heavy atom. The molecule has 3 aliphatic carbocycles. The van der Waals surface area contributed by atoms with E-state index in [1.54, 1.807) is 0 Å². The third-order valence-corrected chi connectivity index (χ3v) is 4.52. The van der Waals surface area contributed by atoms with Crippen LogP contribution in [0.5, 0.6) is 5.75 Å². The van der Waals surface area contributed by atoms with Crippen molar-refractivity contribution in [3.05, 3.63) is 29.8 Å². The Morgan fingerprint density at radius 3 is 2.33 bits per heavy atom. The van der Waals surface area contributed by atoms with Gasteiger partial charge in [-0.15, -0.1) is 0 Å². The first kappa shape index (κ1) is 11.9. The van der Waals surface area contributed by atoms with E-state index in [1.165, 1.54) is 0 Å². The van der Waals surface area contributed by atoms with Crippen LogP contribution in [-0.2, 0) is 5.41 Å². The standard InChI is InChI=1S/C13H15BF3O/c1-2-18-11-6-4-3-5-10(11)12-7-13(8-12,9-12)14(15,16)17/h3-6H,2,7-9H2,1H3/q-1. The lowest BCUT2D eigenvalue weighted by Crippen LogP contribution is -2.67. The van der Waals surface area contributed by atoms with Gasteiger partial charge in [0.25, 0.3) is 0 Å². The molecule has 0 atom stereocenters. The lowest BCUT2D eigenvalue weighted by Gasteiger charge is -2.75. The van der Waals surface area contributed by atoms with Gasteiger partial charge in [0, 0.05) is 5.56 Å². The van der Waals surface area contributed by atoms with Crippen molar-refractivity contribution < 1.29 is 17.7 Å². The average Bonchev–Trinajstić information content (AvgIpc) is 2.14. The van der Waals surface area contributed by atoms with Crippen molar-refractivity contribution >= 4 is 6.98 Å². The first-order valence-corrected chi connectivity index (χ1v) is 6.34. The van der Waals surface area contributed by atoms with E-state index in [0.717, 1.165) is 11.3 Å². The molecule has 0 radical (unpaired) electrons. The predicted octanol–water partition coefficient (Wildman–Crippen LogP) is 4.11. The van der Waals surface area contributed by atoms with E-state index >= 15 is 0 Å². The zero-order valence-corrected chi connectivity index (χ0v) is 10.3. The Labute approximate surface area is 104 Å². The first-order chi connectivity index (χ1) is 8.43. The smallest absolute Gasteiger partial charge is 0.484 e. The summed E-state index contributed by atoms with van der Waals surface area (Å²) in [5, 5.41) is -1.33. The summed E-state index contributed by atoms with van der Waals surface area (Å²) in [7, 11) is 0. The molecule has 0 saturated heterocycles. The van der Waals surface area contributed by atoms with Crippen molar-refractivity contribution in [2.75, 3.05) is 6.61 Å². The maximum Gasteiger partial charge on any atom is 0.484 e. The fraction of sp³-hybridized carbons (Fsp3) is 0.538. The van der Waals surface area contributed by atoms with Crippen molar-refractivity contribution in [1.82, 2.24) is 0 Å². The highest BCUT2D eigenvalue weighted by atomic mass is 19.4. The molecule has 0 aliphatic heterocycles. The van der Waals surface area contributed by atoms with Gasteiger partial charge in [0.15, 0.2) is 0 Å². The first-order valence-electron chi connectivity index (χ1n) is 6.34. The summed E-state index contributed by atoms with van der Waals surface area (Å²) >= 11 is 0. The van der Waals surface area contributed by atoms with E-state index in [9.17, 15) is 12.9 Å². The Kier molecular flexibility index (Phi) is 2.29. The predicted molar refractivity (Wildman–Crippen MR) is 64.9 cm³/mol. The van der Waals surface area contributed by atoms with Gasteiger partial charge in [-0.25, -0.2) is 0 Å². The summed E-state index contributed by atoms with van der Waals surface area (Å²) in [5.74, 6) is 0.753. The Hall–Kier alpha value is -1.13. The van der Waals surface area contributed by atoms with E-state index < -0.39 is 12.3 Å². The molecule has 0 amide bonds. The second-order valence-corrected chi connectivity index (χ2v) is 5.68. The minimum absolute atomic E-state index is 0.258. The molecule has 3 aliphatic rings. The fourth-order valence-electron chi connectivity index (χ4n) is 3.69. The third-order valence-electron chi connectivity index (χ3n) is 4.52. The van der Waals surface area contributed by atoms with Crippen LogP contribution < -0.4 is 4.74 Å². The molecule has 0 heterocycles. The Morgan fingerprint density at radius 2 is 1.78 bits per heavy atom. The highest BCUT2D eigenvalue weighted by Gasteiger charge is 2.74. The van der Waals surface area contributed by atoms with Gasteiger partial charge in [-0.05, 0) is 18.4 Å². The van der Waals surface area contributed by atoms with Crippen LogP contribution >= 0.6 is 0 Å². The minimum atomic E-state index is -4.70. The van der Waals surface area contributed by atoms with Crippen molar-refractivity contribution in [2.24, 2.45) is 0 Å². The largest absolute Gasteiger partial charge is 0.494 e. The molecular weight excluding hydrogens is 240 g/mol. The van der Waals surface area contributed by atoms with Gasteiger partial charge in [0.05, 0.1) is 6.61 Å². The number of para-hydroxylation sites is 1. The maximum absolute atomic E-state index is 12.9. The molecule has 0 N–H and O–H groups in total. The minimum Gasteiger partial charge on any atom is -0.494 e. The van der Waals surface area contributed by atoms with Crippen LogP contribution in [0.2, 0.25) is 5.31 Å². The second kappa shape index (κ2) is 3.46. The molecule has 18 heavy (non-hydrogen) atoms. The number of rotatable bonds is 4. The second-order valence-electron chi connectivity index (χ2n) is 5.68. The number of halogens is 3. The quantitative estimate of drug-likeness (QED) is 0.735. The molecule has 5 heteroatoms. The summed E-state index contributed by atoms with van der Waals surface area (Å²) in [4.78, 5) is 0. The summed E-state index contributed by atoms with van der Waals surface area (Å²) in [6, 6.07) is 7.51. The molecule has 0 spiro atoms. The zero-order chi connectivity index (χ0) is 13.0. The molecule has 0 unspecified atom stereocenters. The van der Waals surface area contributed by atoms with Crippen LogP contribution in [0.3, 0.4) is 0 Å². The van der Waals surface area contributed by atoms with Crippen molar-refractivity contribution in [2.45, 2.75) is 36.9 Å². The monoisotopic (exact) mass is 255 g/mol. The van der Waals surface area contributed by atoms with Gasteiger partial charge in [0.2, 0.25) is 0 Å². The highest BCUT2D eigenvalue weighted by molar-refractivity contribution is 6.63. The van der Waals surface area contributed by atoms with Crippen LogP contribution in [0.4, 0.5) is 12.9 Å². The van der Waals surface area contributed by atoms with Crippen LogP contribution in [0.25, 0.3) is 0 Å². The average molecular weight is 255 g/mol. The molecule has 2 bridgehead atoms. The topological polar surface area (TPSA) is 9.23 Å². The normalized spacial score (nSPS) is 33.6. The number of benzene rings is 1. The number of hydrogen-bond donors (Lipinski definition) is 0. The van der Waals surface area contributed by atoms with E-state index in [4.69, 9.17) is 4.74 Å². The van der Waals surface area contributed by atoms with E-state index in [2.05, 4.69) is 0 Å². The maximum atomic E-state index is 12.9. The van der Waals surface area contributed by atoms with E-state index in [-0.39, 0.29) is 24.7 Å². The molecule has 0 aromatic heterocycles. The van der Waals surface area contributed by atoms with Gasteiger partial charge in [-0.2, -0.15) is 0 Å². The fourth-order valence-corrected chi connectivity index (χ4v) is 3.69. The van der Waals surface area contributed by atoms with Crippen LogP contribution in [-0.4, -0.2) is 13.6 Å². The van der Waals surface area contributed by atoms with Crippen LogP contribution in [0, 0.1) is 0 Å². The third kappa shape index (κ3) is 1.36. The van der Waals surface area contributed by atoms with Crippen molar-refractivity contribution in [1.29, 1.82) is 0 Å². The van der Waals surface area contributed by atoms with Gasteiger partial charge in [-0.1, -0.05) is 42.8 Å². The van der Waals surface area contributed by atoms with Gasteiger partial charge in [0.1, 0.15) is 5.75 Å². The molecule has 4 rings (SSSR count). The molecule has 3 fully saturated rings. The summed E-state index contributed by atoms with van der Waals surface area (Å²) in [6.45, 7) is -2.26. The molecular formula is C13H15BF3O-. The zero-order valence-electron chi connectivity index (χ0n) is 10.3. The van der Waals surface area contributed by atoms with E-state index in [1.807, 2.05) is 31.2 Å². The summed E-state index contributed by atoms with van der Waals surface area (Å²) in [6.07, 6.45) is 0.773. The van der Waals surface area contributed by atoms with Crippen molar-refractivity contribution in [3.63, 3.8) is 0 Å². The van der Waals surface area contributed by atoms with Crippen LogP contribution in [0.15, 0.2) is 24.3 Å². The lowest BCUT2D eigenvalue weighted by atomic mass is 9.23. The number of ether oxygens (including phenoxy) is 1.